The molecule has 2 amide bonds. The normalized spacial score (nSPS) is 14.6. The van der Waals surface area contributed by atoms with Crippen molar-refractivity contribution in [1.29, 1.82) is 0 Å². The maximum absolute atomic E-state index is 14.2. The first-order chi connectivity index (χ1) is 27.1. The van der Waals surface area contributed by atoms with Crippen LogP contribution in [0.5, 0.6) is 11.5 Å². The number of aromatic hydroxyl groups is 1. The number of nitrogens with two attached hydrogens (primary N) is 1. The Labute approximate surface area is 335 Å². The van der Waals surface area contributed by atoms with E-state index in [-0.39, 0.29) is 42.9 Å². The van der Waals surface area contributed by atoms with Crippen molar-refractivity contribution in [2.75, 3.05) is 84.5 Å². The average molecular weight is 813 g/mol. The summed E-state index contributed by atoms with van der Waals surface area (Å²) in [4.78, 5) is 28.8. The maximum atomic E-state index is 14.2. The van der Waals surface area contributed by atoms with Gasteiger partial charge in [-0.25, -0.2) is 4.68 Å². The van der Waals surface area contributed by atoms with Crippen LogP contribution in [0.3, 0.4) is 0 Å². The Bertz CT molecular complexity index is 1990. The van der Waals surface area contributed by atoms with Gasteiger partial charge in [-0.3, -0.25) is 9.59 Å². The van der Waals surface area contributed by atoms with Gasteiger partial charge < -0.3 is 49.5 Å². The third-order valence-corrected chi connectivity index (χ3v) is 9.64. The molecule has 0 radical (unpaired) electrons. The molecule has 1 saturated heterocycles. The second kappa shape index (κ2) is 19.3. The molecule has 6 rings (SSSR count). The summed E-state index contributed by atoms with van der Waals surface area (Å²) in [5.41, 5.74) is 9.03. The molecule has 14 nitrogen and oxygen atoms in total. The lowest BCUT2D eigenvalue weighted by Gasteiger charge is -2.41. The van der Waals surface area contributed by atoms with Crippen molar-refractivity contribution in [2.24, 2.45) is 5.73 Å². The molecule has 16 heteroatoms. The number of carbonyl (C=O) groups excluding carboxylic acids is 2. The Morgan fingerprint density at radius 1 is 0.911 bits per heavy atom. The number of nitrogens with one attached hydrogen (secondary N) is 1. The van der Waals surface area contributed by atoms with Crippen LogP contribution in [0.4, 0.5) is 5.69 Å². The highest BCUT2D eigenvalue weighted by Crippen LogP contribution is 2.46. The quantitative estimate of drug-likeness (QED) is 0.105. The van der Waals surface area contributed by atoms with Gasteiger partial charge >= 0.3 is 0 Å². The molecule has 1 aromatic heterocycles. The van der Waals surface area contributed by atoms with Gasteiger partial charge in [-0.2, -0.15) is 5.10 Å². The summed E-state index contributed by atoms with van der Waals surface area (Å²) in [6.07, 6.45) is 0.139. The van der Waals surface area contributed by atoms with Crippen LogP contribution >= 0.6 is 23.2 Å². The van der Waals surface area contributed by atoms with Crippen LogP contribution in [0, 0.1) is 0 Å². The van der Waals surface area contributed by atoms with Crippen LogP contribution in [0.1, 0.15) is 36.3 Å². The van der Waals surface area contributed by atoms with E-state index in [2.05, 4.69) is 5.32 Å². The number of phenolic OH excluding ortho intramolecular Hbond substituents is 1. The molecule has 3 heterocycles. The summed E-state index contributed by atoms with van der Waals surface area (Å²) >= 11 is 12.9. The lowest BCUT2D eigenvalue weighted by atomic mass is 9.95. The molecule has 4 N–H and O–H groups in total. The van der Waals surface area contributed by atoms with Gasteiger partial charge in [-0.1, -0.05) is 35.3 Å². The van der Waals surface area contributed by atoms with Gasteiger partial charge in [-0.05, 0) is 55.8 Å². The number of nitrogens with zero attached hydrogens (tertiary/aromatic N) is 3. The molecule has 1 fully saturated rings. The number of carbonyl (C=O) groups is 2. The summed E-state index contributed by atoms with van der Waals surface area (Å²) in [6, 6.07) is 15.5. The van der Waals surface area contributed by atoms with Crippen LogP contribution in [-0.4, -0.2) is 116 Å². The highest BCUT2D eigenvalue weighted by molar-refractivity contribution is 6.34. The predicted octanol–water partition coefficient (Wildman–Crippen LogP) is 5.72. The molecule has 0 bridgehead atoms. The van der Waals surface area contributed by atoms with E-state index < -0.39 is 5.54 Å². The van der Waals surface area contributed by atoms with Crippen molar-refractivity contribution in [3.63, 3.8) is 0 Å². The van der Waals surface area contributed by atoms with E-state index in [1.807, 2.05) is 19.9 Å². The number of rotatable bonds is 18. The number of amides is 2. The summed E-state index contributed by atoms with van der Waals surface area (Å²) < 4.78 is 35.2. The fourth-order valence-electron chi connectivity index (χ4n) is 6.50. The van der Waals surface area contributed by atoms with Crippen molar-refractivity contribution in [2.45, 2.75) is 32.4 Å². The highest BCUT2D eigenvalue weighted by Gasteiger charge is 2.39. The third kappa shape index (κ3) is 10.2. The number of fused-ring (bicyclic) bond motifs is 3. The molecule has 2 aliphatic rings. The molecule has 0 saturated carbocycles. The molecule has 2 aliphatic heterocycles. The van der Waals surface area contributed by atoms with Crippen molar-refractivity contribution in [1.82, 2.24) is 14.7 Å². The number of halogens is 2. The Balaban J connectivity index is 1.16. The largest absolute Gasteiger partial charge is 0.507 e. The molecule has 56 heavy (non-hydrogen) atoms. The zero-order valence-corrected chi connectivity index (χ0v) is 33.0. The first-order valence-corrected chi connectivity index (χ1v) is 19.2. The molecule has 0 spiro atoms. The fourth-order valence-corrected chi connectivity index (χ4v) is 7.01. The first-order valence-electron chi connectivity index (χ1n) is 18.5. The number of phenols is 1. The highest BCUT2D eigenvalue weighted by atomic mass is 35.5. The molecular formula is C40H47Cl2N5O9. The molecule has 3 aromatic carbocycles. The van der Waals surface area contributed by atoms with E-state index in [0.29, 0.717) is 128 Å². The summed E-state index contributed by atoms with van der Waals surface area (Å²) in [7, 11) is 0. The number of hydrogen-bond donors (Lipinski definition) is 3. The van der Waals surface area contributed by atoms with E-state index in [1.54, 1.807) is 58.1 Å². The van der Waals surface area contributed by atoms with Crippen LogP contribution in [0.2, 0.25) is 10.0 Å². The molecule has 0 atom stereocenters. The van der Waals surface area contributed by atoms with E-state index in [1.165, 1.54) is 0 Å². The number of morpholine rings is 1. The molecule has 0 aliphatic carbocycles. The summed E-state index contributed by atoms with van der Waals surface area (Å²) in [5, 5.41) is 19.8. The minimum Gasteiger partial charge on any atom is -0.507 e. The van der Waals surface area contributed by atoms with Gasteiger partial charge in [0, 0.05) is 51.6 Å². The molecule has 0 unspecified atom stereocenters. The second-order valence-electron chi connectivity index (χ2n) is 13.8. The minimum absolute atomic E-state index is 0.0300. The SMILES string of the molecule is CC1(C)COCCN1C(=O)c1nn(-c2cc(Cl)cc(Cl)c2)c2c1COc1cc(O)c(-c3cccc(NC(=O)CCOCCOCCOCCOCCN)c3)cc1-2. The van der Waals surface area contributed by atoms with E-state index in [4.69, 9.17) is 62.5 Å². The van der Waals surface area contributed by atoms with E-state index in [0.717, 1.165) is 0 Å². The molecule has 4 aromatic rings. The lowest BCUT2D eigenvalue weighted by Crippen LogP contribution is -2.55. The van der Waals surface area contributed by atoms with Crippen LogP contribution in [0.25, 0.3) is 28.1 Å². The minimum atomic E-state index is -0.558. The topological polar surface area (TPSA) is 169 Å². The molecular weight excluding hydrogens is 765 g/mol. The zero-order valence-electron chi connectivity index (χ0n) is 31.5. The lowest BCUT2D eigenvalue weighted by molar-refractivity contribution is -0.117. The Hall–Kier alpha value is -4.25. The smallest absolute Gasteiger partial charge is 0.275 e. The number of hydrogen-bond acceptors (Lipinski definition) is 11. The van der Waals surface area contributed by atoms with Crippen molar-refractivity contribution >= 4 is 40.7 Å². The first kappa shape index (κ1) is 41.4. The summed E-state index contributed by atoms with van der Waals surface area (Å²) in [5.74, 6) is -0.105. The van der Waals surface area contributed by atoms with Crippen LogP contribution in [-0.2, 0) is 35.1 Å². The maximum Gasteiger partial charge on any atom is 0.275 e. The predicted molar refractivity (Wildman–Crippen MR) is 212 cm³/mol. The Kier molecular flexibility index (Phi) is 14.2. The van der Waals surface area contributed by atoms with Gasteiger partial charge in [0.05, 0.1) is 89.4 Å². The van der Waals surface area contributed by atoms with E-state index >= 15 is 0 Å². The number of anilines is 1. The number of aromatic nitrogens is 2. The number of benzene rings is 3. The third-order valence-electron chi connectivity index (χ3n) is 9.20. The summed E-state index contributed by atoms with van der Waals surface area (Å²) in [6.45, 7) is 8.96. The average Bonchev–Trinajstić information content (AvgIpc) is 3.56. The standard InChI is InChI=1S/C40H47Cl2N5O9/c1-40(2)25-55-11-8-46(40)39(50)37-33-24-56-35-23-34(48)31(22-32(35)38(33)47(45-37)30-20-27(41)19-28(42)21-30)26-4-3-5-29(18-26)44-36(49)6-9-51-12-14-53-16-17-54-15-13-52-10-7-43/h3-5,18-23,48H,6-17,24-25,43H2,1-2H3,(H,44,49). The van der Waals surface area contributed by atoms with Crippen molar-refractivity contribution in [3.8, 4) is 39.6 Å². The van der Waals surface area contributed by atoms with Gasteiger partial charge in [-0.15, -0.1) is 0 Å². The molecule has 300 valence electrons. The second-order valence-corrected chi connectivity index (χ2v) is 14.7. The van der Waals surface area contributed by atoms with Crippen LogP contribution in [0.15, 0.2) is 54.6 Å². The fraction of sp³-hybridized carbons (Fsp3) is 0.425. The van der Waals surface area contributed by atoms with Crippen molar-refractivity contribution < 1.29 is 43.1 Å². The van der Waals surface area contributed by atoms with Gasteiger partial charge in [0.2, 0.25) is 5.91 Å². The van der Waals surface area contributed by atoms with Gasteiger partial charge in [0.15, 0.2) is 5.69 Å². The van der Waals surface area contributed by atoms with Gasteiger partial charge in [0.1, 0.15) is 18.1 Å². The Morgan fingerprint density at radius 3 is 2.27 bits per heavy atom. The van der Waals surface area contributed by atoms with Gasteiger partial charge in [0.25, 0.3) is 5.91 Å². The Morgan fingerprint density at radius 2 is 1.59 bits per heavy atom. The zero-order chi connectivity index (χ0) is 39.7. The van der Waals surface area contributed by atoms with E-state index in [9.17, 15) is 14.7 Å². The van der Waals surface area contributed by atoms with Crippen molar-refractivity contribution in [3.05, 3.63) is 75.9 Å². The number of ether oxygens (including phenoxy) is 6. The van der Waals surface area contributed by atoms with Crippen LogP contribution < -0.4 is 15.8 Å². The monoisotopic (exact) mass is 811 g/mol.